The molecule has 5 heteroatoms. The lowest BCUT2D eigenvalue weighted by atomic mass is 9.87. The maximum Gasteiger partial charge on any atom is 0.260 e. The first-order valence-electron chi connectivity index (χ1n) is 8.96. The number of nitrogens with two attached hydrogens (primary N) is 1. The van der Waals surface area contributed by atoms with Gasteiger partial charge >= 0.3 is 0 Å². The first kappa shape index (κ1) is 17.8. The van der Waals surface area contributed by atoms with Crippen LogP contribution in [0.3, 0.4) is 0 Å². The van der Waals surface area contributed by atoms with E-state index in [4.69, 9.17) is 10.5 Å². The molecule has 2 N–H and O–H groups in total. The first-order valence-corrected chi connectivity index (χ1v) is 8.96. The highest BCUT2D eigenvalue weighted by Gasteiger charge is 2.52. The van der Waals surface area contributed by atoms with Crippen molar-refractivity contribution >= 4 is 11.6 Å². The molecule has 1 saturated carbocycles. The van der Waals surface area contributed by atoms with Crippen molar-refractivity contribution in [3.63, 3.8) is 0 Å². The van der Waals surface area contributed by atoms with Gasteiger partial charge in [0.2, 0.25) is 5.76 Å². The second-order valence-electron chi connectivity index (χ2n) is 7.37. The van der Waals surface area contributed by atoms with E-state index in [1.165, 1.54) is 7.11 Å². The zero-order valence-corrected chi connectivity index (χ0v) is 15.0. The van der Waals surface area contributed by atoms with E-state index in [-0.39, 0.29) is 30.1 Å². The Balaban J connectivity index is 1.87. The van der Waals surface area contributed by atoms with Gasteiger partial charge in [-0.25, -0.2) is 0 Å². The molecule has 0 saturated heterocycles. The van der Waals surface area contributed by atoms with E-state index >= 15 is 0 Å². The summed E-state index contributed by atoms with van der Waals surface area (Å²) in [5.41, 5.74) is 6.82. The summed E-state index contributed by atoms with van der Waals surface area (Å²) < 4.78 is 5.73. The summed E-state index contributed by atoms with van der Waals surface area (Å²) >= 11 is 0. The number of nitrogens with zero attached hydrogens (tertiary/aromatic N) is 1. The molecule has 4 atom stereocenters. The number of benzene rings is 1. The summed E-state index contributed by atoms with van der Waals surface area (Å²) in [6.45, 7) is 0. The molecule has 2 aliphatic rings. The van der Waals surface area contributed by atoms with Crippen LogP contribution in [0, 0.1) is 0 Å². The molecule has 1 aliphatic heterocycles. The van der Waals surface area contributed by atoms with Gasteiger partial charge in [-0.05, 0) is 19.3 Å². The van der Waals surface area contributed by atoms with Gasteiger partial charge in [-0.15, -0.1) is 0 Å². The third-order valence-electron chi connectivity index (χ3n) is 5.78. The lowest BCUT2D eigenvalue weighted by molar-refractivity contribution is -0.898. The van der Waals surface area contributed by atoms with E-state index in [0.717, 1.165) is 25.7 Å². The van der Waals surface area contributed by atoms with E-state index in [1.807, 2.05) is 31.4 Å². The van der Waals surface area contributed by atoms with Gasteiger partial charge < -0.3 is 10.5 Å². The van der Waals surface area contributed by atoms with Crippen molar-refractivity contribution in [1.82, 2.24) is 0 Å². The predicted octanol–water partition coefficient (Wildman–Crippen LogP) is 2.42. The topological polar surface area (TPSA) is 69.4 Å². The number of hydrogen-bond acceptors (Lipinski definition) is 4. The third kappa shape index (κ3) is 3.39. The number of carbonyl (C=O) groups is 2. The van der Waals surface area contributed by atoms with Crippen LogP contribution in [0.15, 0.2) is 42.3 Å². The molecule has 0 spiro atoms. The molecule has 1 aromatic rings. The Kier molecular flexibility index (Phi) is 5.06. The predicted molar refractivity (Wildman–Crippen MR) is 95.7 cm³/mol. The van der Waals surface area contributed by atoms with E-state index in [0.29, 0.717) is 15.8 Å². The molecule has 1 fully saturated rings. The number of methoxy groups -OCH3 is 1. The van der Waals surface area contributed by atoms with E-state index < -0.39 is 6.04 Å². The van der Waals surface area contributed by atoms with E-state index in [9.17, 15) is 9.59 Å². The Morgan fingerprint density at radius 3 is 2.64 bits per heavy atom. The number of quaternary nitrogens is 1. The lowest BCUT2D eigenvalue weighted by Crippen LogP contribution is -2.57. The summed E-state index contributed by atoms with van der Waals surface area (Å²) in [6.07, 6.45) is 6.05. The zero-order valence-electron chi connectivity index (χ0n) is 15.0. The molecule has 4 unspecified atom stereocenters. The fourth-order valence-corrected chi connectivity index (χ4v) is 4.25. The van der Waals surface area contributed by atoms with Gasteiger partial charge in [0.25, 0.3) is 5.78 Å². The lowest BCUT2D eigenvalue weighted by Gasteiger charge is -2.43. The maximum absolute atomic E-state index is 12.9. The van der Waals surface area contributed by atoms with Crippen molar-refractivity contribution in [1.29, 1.82) is 0 Å². The van der Waals surface area contributed by atoms with Crippen LogP contribution in [0.4, 0.5) is 0 Å². The molecule has 1 aliphatic carbocycles. The monoisotopic (exact) mass is 343 g/mol. The Bertz CT molecular complexity index is 685. The second kappa shape index (κ2) is 7.10. The second-order valence-corrected chi connectivity index (χ2v) is 7.37. The first-order chi connectivity index (χ1) is 12.0. The molecule has 0 aromatic heterocycles. The Hall–Kier alpha value is -1.98. The molecule has 0 amide bonds. The number of likely N-dealkylation sites (N-methyl/N-ethyl adjacent to an activating group) is 1. The summed E-state index contributed by atoms with van der Waals surface area (Å²) in [5, 5.41) is 0. The number of carbonyl (C=O) groups excluding carboxylic acids is 2. The van der Waals surface area contributed by atoms with Gasteiger partial charge in [0.1, 0.15) is 6.20 Å². The van der Waals surface area contributed by atoms with Crippen molar-refractivity contribution in [2.45, 2.75) is 50.2 Å². The molecule has 5 nitrogen and oxygen atoms in total. The number of ketones is 2. The Labute approximate surface area is 149 Å². The molecule has 0 radical (unpaired) electrons. The minimum atomic E-state index is -0.432. The van der Waals surface area contributed by atoms with Crippen molar-refractivity contribution in [3.05, 3.63) is 47.9 Å². The molecule has 1 aromatic carbocycles. The van der Waals surface area contributed by atoms with Gasteiger partial charge in [-0.3, -0.25) is 14.1 Å². The van der Waals surface area contributed by atoms with Crippen LogP contribution >= 0.6 is 0 Å². The SMILES string of the molecule is COC1=C[N+](C)(C2CCCC(N)C2)C(CC(=O)c2ccccc2)C1=O. The molecule has 134 valence electrons. The minimum Gasteiger partial charge on any atom is -0.489 e. The van der Waals surface area contributed by atoms with Gasteiger partial charge in [-0.1, -0.05) is 30.3 Å². The van der Waals surface area contributed by atoms with E-state index in [1.54, 1.807) is 12.1 Å². The summed E-state index contributed by atoms with van der Waals surface area (Å²) in [4.78, 5) is 25.6. The number of hydrogen-bond donors (Lipinski definition) is 1. The van der Waals surface area contributed by atoms with Crippen molar-refractivity contribution in [2.24, 2.45) is 5.73 Å². The fraction of sp³-hybridized carbons (Fsp3) is 0.500. The molecule has 0 bridgehead atoms. The molecular formula is C20H27N2O3+. The zero-order chi connectivity index (χ0) is 18.0. The van der Waals surface area contributed by atoms with Crippen LogP contribution in [0.2, 0.25) is 0 Å². The van der Waals surface area contributed by atoms with Crippen molar-refractivity contribution in [2.75, 3.05) is 14.2 Å². The van der Waals surface area contributed by atoms with Crippen LogP contribution in [-0.2, 0) is 9.53 Å². The summed E-state index contributed by atoms with van der Waals surface area (Å²) in [7, 11) is 3.55. The smallest absolute Gasteiger partial charge is 0.260 e. The number of ether oxygens (including phenoxy) is 1. The highest BCUT2D eigenvalue weighted by molar-refractivity contribution is 6.04. The maximum atomic E-state index is 12.9. The van der Waals surface area contributed by atoms with Gasteiger partial charge in [0, 0.05) is 18.0 Å². The normalized spacial score (nSPS) is 32.4. The quantitative estimate of drug-likeness (QED) is 0.658. The van der Waals surface area contributed by atoms with Crippen LogP contribution in [0.1, 0.15) is 42.5 Å². The van der Waals surface area contributed by atoms with Crippen LogP contribution in [-0.4, -0.2) is 48.3 Å². The van der Waals surface area contributed by atoms with Crippen LogP contribution < -0.4 is 5.73 Å². The molecule has 3 rings (SSSR count). The third-order valence-corrected chi connectivity index (χ3v) is 5.78. The molecule has 25 heavy (non-hydrogen) atoms. The highest BCUT2D eigenvalue weighted by atomic mass is 16.5. The number of rotatable bonds is 5. The standard InChI is InChI=1S/C20H27N2O3/c1-22(16-10-6-9-15(21)11-16)13-19(25-2)20(24)17(22)12-18(23)14-7-4-3-5-8-14/h3-5,7-8,13,15-17H,6,9-12,21H2,1-2H3/q+1. The van der Waals surface area contributed by atoms with Gasteiger partial charge in [0.05, 0.1) is 26.6 Å². The van der Waals surface area contributed by atoms with Gasteiger partial charge in [-0.2, -0.15) is 0 Å². The molecule has 1 heterocycles. The average molecular weight is 343 g/mol. The minimum absolute atomic E-state index is 0.00541. The van der Waals surface area contributed by atoms with Crippen molar-refractivity contribution < 1.29 is 18.8 Å². The Morgan fingerprint density at radius 1 is 1.28 bits per heavy atom. The summed E-state index contributed by atoms with van der Waals surface area (Å²) in [5.74, 6) is 0.287. The fourth-order valence-electron chi connectivity index (χ4n) is 4.25. The van der Waals surface area contributed by atoms with Crippen molar-refractivity contribution in [3.8, 4) is 0 Å². The van der Waals surface area contributed by atoms with Gasteiger partial charge in [0.15, 0.2) is 11.8 Å². The van der Waals surface area contributed by atoms with Crippen LogP contribution in [0.5, 0.6) is 0 Å². The number of Topliss-reactive ketones (excluding diaryl/α,β-unsaturated/α-hetero) is 2. The Morgan fingerprint density at radius 2 is 2.00 bits per heavy atom. The van der Waals surface area contributed by atoms with E-state index in [2.05, 4.69) is 0 Å². The highest BCUT2D eigenvalue weighted by Crippen LogP contribution is 2.37. The summed E-state index contributed by atoms with van der Waals surface area (Å²) in [6, 6.07) is 9.14. The molecular weight excluding hydrogens is 316 g/mol. The average Bonchev–Trinajstić information content (AvgIpc) is 2.88. The largest absolute Gasteiger partial charge is 0.489 e. The van der Waals surface area contributed by atoms with Crippen LogP contribution in [0.25, 0.3) is 0 Å².